The second kappa shape index (κ2) is 7.50. The maximum atomic E-state index is 5.95. The Morgan fingerprint density at radius 1 is 1.50 bits per heavy atom. The van der Waals surface area contributed by atoms with Crippen LogP contribution in [0.2, 0.25) is 0 Å². The Morgan fingerprint density at radius 2 is 2.30 bits per heavy atom. The number of thiazole rings is 1. The van der Waals surface area contributed by atoms with Crippen LogP contribution in [0, 0.1) is 0 Å². The van der Waals surface area contributed by atoms with Crippen molar-refractivity contribution in [2.45, 2.75) is 45.8 Å². The lowest BCUT2D eigenvalue weighted by atomic mass is 10.1. The predicted octanol–water partition coefficient (Wildman–Crippen LogP) is 2.77. The molecule has 4 nitrogen and oxygen atoms in total. The molecule has 1 saturated heterocycles. The van der Waals surface area contributed by atoms with Gasteiger partial charge in [-0.25, -0.2) is 4.98 Å². The molecule has 1 fully saturated rings. The zero-order chi connectivity index (χ0) is 14.5. The molecule has 0 saturated carbocycles. The van der Waals surface area contributed by atoms with Gasteiger partial charge >= 0.3 is 0 Å². The molecule has 0 spiro atoms. The molecule has 0 aliphatic carbocycles. The molecule has 1 unspecified atom stereocenters. The first kappa shape index (κ1) is 15.9. The van der Waals surface area contributed by atoms with Gasteiger partial charge in [0.1, 0.15) is 11.1 Å². The van der Waals surface area contributed by atoms with Crippen LogP contribution < -0.4 is 5.32 Å². The molecule has 0 bridgehead atoms. The van der Waals surface area contributed by atoms with E-state index in [1.807, 2.05) is 18.4 Å². The van der Waals surface area contributed by atoms with Crippen LogP contribution in [0.15, 0.2) is 0 Å². The monoisotopic (exact) mass is 297 g/mol. The van der Waals surface area contributed by atoms with Crippen molar-refractivity contribution in [3.63, 3.8) is 0 Å². The molecule has 20 heavy (non-hydrogen) atoms. The molecule has 0 aromatic carbocycles. The first-order chi connectivity index (χ1) is 9.65. The molecule has 1 N–H and O–H groups in total. The third-order valence-electron chi connectivity index (χ3n) is 3.59. The van der Waals surface area contributed by atoms with Gasteiger partial charge < -0.3 is 10.1 Å². The van der Waals surface area contributed by atoms with Crippen LogP contribution in [0.1, 0.15) is 54.8 Å². The van der Waals surface area contributed by atoms with Crippen molar-refractivity contribution in [3.8, 4) is 0 Å². The van der Waals surface area contributed by atoms with E-state index in [9.17, 15) is 0 Å². The molecule has 5 heteroatoms. The summed E-state index contributed by atoms with van der Waals surface area (Å²) in [5.74, 6) is 0.471. The van der Waals surface area contributed by atoms with Crippen LogP contribution in [0.4, 0.5) is 0 Å². The molecule has 114 valence electrons. The van der Waals surface area contributed by atoms with Gasteiger partial charge in [0.25, 0.3) is 0 Å². The zero-order valence-electron chi connectivity index (χ0n) is 13.1. The Morgan fingerprint density at radius 3 is 2.95 bits per heavy atom. The summed E-state index contributed by atoms with van der Waals surface area (Å²) >= 11 is 1.81. The number of aromatic nitrogens is 1. The number of nitrogens with one attached hydrogen (secondary N) is 1. The second-order valence-electron chi connectivity index (χ2n) is 5.71. The highest BCUT2D eigenvalue weighted by atomic mass is 32.1. The maximum absolute atomic E-state index is 5.95. The number of nitrogens with zero attached hydrogens (tertiary/aromatic N) is 2. The lowest BCUT2D eigenvalue weighted by Crippen LogP contribution is -2.38. The number of hydrogen-bond donors (Lipinski definition) is 1. The highest BCUT2D eigenvalue weighted by Gasteiger charge is 2.26. The van der Waals surface area contributed by atoms with Crippen molar-refractivity contribution in [2.24, 2.45) is 0 Å². The van der Waals surface area contributed by atoms with Crippen molar-refractivity contribution < 1.29 is 4.74 Å². The fourth-order valence-corrected chi connectivity index (χ4v) is 3.90. The largest absolute Gasteiger partial charge is 0.368 e. The van der Waals surface area contributed by atoms with Gasteiger partial charge in [0, 0.05) is 24.5 Å². The minimum atomic E-state index is 0.156. The van der Waals surface area contributed by atoms with Gasteiger partial charge in [-0.05, 0) is 25.9 Å². The summed E-state index contributed by atoms with van der Waals surface area (Å²) in [6.45, 7) is 11.6. The second-order valence-corrected chi connectivity index (χ2v) is 6.82. The molecular formula is C15H27N3OS. The van der Waals surface area contributed by atoms with Gasteiger partial charge in [0.15, 0.2) is 0 Å². The van der Waals surface area contributed by atoms with E-state index in [1.165, 1.54) is 17.0 Å². The number of rotatable bonds is 6. The van der Waals surface area contributed by atoms with Crippen molar-refractivity contribution in [2.75, 3.05) is 33.3 Å². The van der Waals surface area contributed by atoms with E-state index < -0.39 is 0 Å². The summed E-state index contributed by atoms with van der Waals surface area (Å²) in [5, 5.41) is 4.40. The van der Waals surface area contributed by atoms with Crippen molar-refractivity contribution in [1.82, 2.24) is 15.2 Å². The van der Waals surface area contributed by atoms with Crippen LogP contribution in [0.3, 0.4) is 0 Å². The average molecular weight is 297 g/mol. The van der Waals surface area contributed by atoms with E-state index in [-0.39, 0.29) is 6.10 Å². The zero-order valence-corrected chi connectivity index (χ0v) is 13.9. The van der Waals surface area contributed by atoms with Crippen LogP contribution in [-0.2, 0) is 11.3 Å². The quantitative estimate of drug-likeness (QED) is 0.876. The molecule has 1 aliphatic rings. The van der Waals surface area contributed by atoms with E-state index >= 15 is 0 Å². The third kappa shape index (κ3) is 3.79. The minimum Gasteiger partial charge on any atom is -0.368 e. The van der Waals surface area contributed by atoms with E-state index in [2.05, 4.69) is 31.0 Å². The lowest BCUT2D eigenvalue weighted by molar-refractivity contribution is -0.0300. The first-order valence-electron chi connectivity index (χ1n) is 7.63. The number of ether oxygens (including phenoxy) is 1. The molecule has 1 aromatic heterocycles. The molecule has 1 aliphatic heterocycles. The molecule has 1 aromatic rings. The van der Waals surface area contributed by atoms with Crippen LogP contribution >= 0.6 is 11.3 Å². The standard InChI is InChI=1S/C15H27N3OS/c1-5-6-18-7-8-19-12(10-18)15-17-14(11(2)3)13(20-15)9-16-4/h11-12,16H,5-10H2,1-4H3. The normalized spacial score (nSPS) is 20.8. The van der Waals surface area contributed by atoms with Gasteiger partial charge in [-0.15, -0.1) is 11.3 Å². The first-order valence-corrected chi connectivity index (χ1v) is 8.45. The summed E-state index contributed by atoms with van der Waals surface area (Å²) < 4.78 is 5.95. The SMILES string of the molecule is CCCN1CCOC(c2nc(C(C)C)c(CNC)s2)C1. The Kier molecular flexibility index (Phi) is 5.96. The van der Waals surface area contributed by atoms with E-state index in [0.29, 0.717) is 5.92 Å². The fourth-order valence-electron chi connectivity index (χ4n) is 2.63. The van der Waals surface area contributed by atoms with Gasteiger partial charge in [-0.2, -0.15) is 0 Å². The minimum absolute atomic E-state index is 0.156. The molecular weight excluding hydrogens is 270 g/mol. The van der Waals surface area contributed by atoms with Crippen LogP contribution in [0.25, 0.3) is 0 Å². The molecule has 2 heterocycles. The molecule has 2 rings (SSSR count). The van der Waals surface area contributed by atoms with E-state index in [4.69, 9.17) is 9.72 Å². The van der Waals surface area contributed by atoms with Gasteiger partial charge in [-0.3, -0.25) is 4.90 Å². The highest BCUT2D eigenvalue weighted by Crippen LogP contribution is 2.31. The van der Waals surface area contributed by atoms with Crippen LogP contribution in [-0.4, -0.2) is 43.2 Å². The Bertz CT molecular complexity index is 417. The summed E-state index contributed by atoms with van der Waals surface area (Å²) in [4.78, 5) is 8.72. The lowest BCUT2D eigenvalue weighted by Gasteiger charge is -2.31. The summed E-state index contributed by atoms with van der Waals surface area (Å²) in [6.07, 6.45) is 1.36. The maximum Gasteiger partial charge on any atom is 0.123 e. The van der Waals surface area contributed by atoms with Gasteiger partial charge in [-0.1, -0.05) is 20.8 Å². The van der Waals surface area contributed by atoms with Crippen LogP contribution in [0.5, 0.6) is 0 Å². The fraction of sp³-hybridized carbons (Fsp3) is 0.800. The van der Waals surface area contributed by atoms with Crippen molar-refractivity contribution in [1.29, 1.82) is 0 Å². The average Bonchev–Trinajstić information content (AvgIpc) is 2.84. The summed E-state index contributed by atoms with van der Waals surface area (Å²) in [7, 11) is 1.99. The Labute approximate surface area is 126 Å². The Hall–Kier alpha value is -0.490. The van der Waals surface area contributed by atoms with Gasteiger partial charge in [0.05, 0.1) is 12.3 Å². The molecule has 0 radical (unpaired) electrons. The van der Waals surface area contributed by atoms with E-state index in [1.54, 1.807) is 0 Å². The smallest absolute Gasteiger partial charge is 0.123 e. The summed E-state index contributed by atoms with van der Waals surface area (Å²) in [6, 6.07) is 0. The van der Waals surface area contributed by atoms with Crippen molar-refractivity contribution >= 4 is 11.3 Å². The predicted molar refractivity (Wildman–Crippen MR) is 84.4 cm³/mol. The molecule has 0 amide bonds. The van der Waals surface area contributed by atoms with Crippen molar-refractivity contribution in [3.05, 3.63) is 15.6 Å². The highest BCUT2D eigenvalue weighted by molar-refractivity contribution is 7.11. The number of hydrogen-bond acceptors (Lipinski definition) is 5. The molecule has 1 atom stereocenters. The third-order valence-corrected chi connectivity index (χ3v) is 4.76. The number of morpholine rings is 1. The van der Waals surface area contributed by atoms with E-state index in [0.717, 1.165) is 37.8 Å². The topological polar surface area (TPSA) is 37.4 Å². The summed E-state index contributed by atoms with van der Waals surface area (Å²) in [5.41, 5.74) is 1.23. The van der Waals surface area contributed by atoms with Gasteiger partial charge in [0.2, 0.25) is 0 Å². The Balaban J connectivity index is 2.13.